The number of thiazole rings is 1. The number of amides is 2. The predicted molar refractivity (Wildman–Crippen MR) is 95.0 cm³/mol. The zero-order valence-corrected chi connectivity index (χ0v) is 14.9. The number of aliphatic carboxylic acids is 1. The van der Waals surface area contributed by atoms with E-state index in [2.05, 4.69) is 10.3 Å². The van der Waals surface area contributed by atoms with Gasteiger partial charge in [0, 0.05) is 18.5 Å². The maximum absolute atomic E-state index is 12.4. The molecule has 1 unspecified atom stereocenters. The smallest absolute Gasteiger partial charge is 0.308 e. The molecule has 0 bridgehead atoms. The molecule has 132 valence electrons. The number of anilines is 1. The number of carbonyl (C=O) groups excluding carboxylic acids is 2. The summed E-state index contributed by atoms with van der Waals surface area (Å²) in [4.78, 5) is 41.9. The van der Waals surface area contributed by atoms with Crippen molar-refractivity contribution in [3.05, 3.63) is 33.5 Å². The largest absolute Gasteiger partial charge is 0.481 e. The number of carboxylic acids is 1. The summed E-state index contributed by atoms with van der Waals surface area (Å²) in [6.07, 6.45) is 1.41. The highest BCUT2D eigenvalue weighted by Gasteiger charge is 2.28. The van der Waals surface area contributed by atoms with Crippen LogP contribution in [0.25, 0.3) is 0 Å². The normalized spacial score (nSPS) is 17.3. The first-order valence-electron chi connectivity index (χ1n) is 7.83. The average Bonchev–Trinajstić information content (AvgIpc) is 3.27. The van der Waals surface area contributed by atoms with Crippen LogP contribution in [0.2, 0.25) is 0 Å². The second-order valence-corrected chi connectivity index (χ2v) is 7.58. The SMILES string of the molecule is O=C(Nc1nc(CC(=O)N2CCCC(C(=O)O)C2)cs1)c1cccs1. The van der Waals surface area contributed by atoms with E-state index in [9.17, 15) is 14.4 Å². The van der Waals surface area contributed by atoms with Crippen molar-refractivity contribution < 1.29 is 19.5 Å². The van der Waals surface area contributed by atoms with Crippen molar-refractivity contribution in [2.45, 2.75) is 19.3 Å². The molecule has 2 N–H and O–H groups in total. The number of aromatic nitrogens is 1. The Morgan fingerprint density at radius 2 is 2.20 bits per heavy atom. The van der Waals surface area contributed by atoms with Gasteiger partial charge in [-0.1, -0.05) is 6.07 Å². The number of rotatable bonds is 5. The minimum Gasteiger partial charge on any atom is -0.481 e. The summed E-state index contributed by atoms with van der Waals surface area (Å²) in [6, 6.07) is 3.53. The van der Waals surface area contributed by atoms with E-state index in [1.807, 2.05) is 5.38 Å². The molecule has 1 aliphatic heterocycles. The Kier molecular flexibility index (Phi) is 5.44. The summed E-state index contributed by atoms with van der Waals surface area (Å²) in [7, 11) is 0. The van der Waals surface area contributed by atoms with Crippen LogP contribution in [0.3, 0.4) is 0 Å². The van der Waals surface area contributed by atoms with Gasteiger partial charge in [0.15, 0.2) is 5.13 Å². The van der Waals surface area contributed by atoms with Crippen LogP contribution in [0.5, 0.6) is 0 Å². The molecule has 1 saturated heterocycles. The number of thiophene rings is 1. The van der Waals surface area contributed by atoms with Crippen LogP contribution >= 0.6 is 22.7 Å². The zero-order chi connectivity index (χ0) is 17.8. The van der Waals surface area contributed by atoms with Crippen LogP contribution in [0.4, 0.5) is 5.13 Å². The van der Waals surface area contributed by atoms with Crippen molar-refractivity contribution in [2.24, 2.45) is 5.92 Å². The molecule has 2 aromatic heterocycles. The van der Waals surface area contributed by atoms with E-state index in [0.717, 1.165) is 0 Å². The van der Waals surface area contributed by atoms with Crippen LogP contribution in [-0.2, 0) is 16.0 Å². The van der Waals surface area contributed by atoms with E-state index in [1.165, 1.54) is 22.7 Å². The number of nitrogens with zero attached hydrogens (tertiary/aromatic N) is 2. The molecule has 0 aromatic carbocycles. The first-order valence-corrected chi connectivity index (χ1v) is 9.58. The molecular formula is C16H17N3O4S2. The summed E-state index contributed by atoms with van der Waals surface area (Å²) >= 11 is 2.61. The molecule has 0 saturated carbocycles. The van der Waals surface area contributed by atoms with Crippen molar-refractivity contribution in [1.29, 1.82) is 0 Å². The molecule has 9 heteroatoms. The Morgan fingerprint density at radius 1 is 1.36 bits per heavy atom. The number of likely N-dealkylation sites (tertiary alicyclic amines) is 1. The maximum atomic E-state index is 12.4. The molecule has 0 radical (unpaired) electrons. The summed E-state index contributed by atoms with van der Waals surface area (Å²) in [5.41, 5.74) is 0.578. The third-order valence-corrected chi connectivity index (χ3v) is 5.65. The van der Waals surface area contributed by atoms with E-state index in [1.54, 1.807) is 22.4 Å². The lowest BCUT2D eigenvalue weighted by Gasteiger charge is -2.30. The van der Waals surface area contributed by atoms with Crippen LogP contribution in [0.1, 0.15) is 28.2 Å². The van der Waals surface area contributed by atoms with Gasteiger partial charge in [-0.25, -0.2) is 4.98 Å². The fraction of sp³-hybridized carbons (Fsp3) is 0.375. The van der Waals surface area contributed by atoms with Crippen molar-refractivity contribution in [1.82, 2.24) is 9.88 Å². The molecule has 1 fully saturated rings. The van der Waals surface area contributed by atoms with Crippen molar-refractivity contribution >= 4 is 45.6 Å². The lowest BCUT2D eigenvalue weighted by atomic mass is 9.98. The quantitative estimate of drug-likeness (QED) is 0.830. The van der Waals surface area contributed by atoms with Gasteiger partial charge in [-0.3, -0.25) is 19.7 Å². The number of hydrogen-bond acceptors (Lipinski definition) is 6. The average molecular weight is 379 g/mol. The van der Waals surface area contributed by atoms with Crippen LogP contribution in [0, 0.1) is 5.92 Å². The fourth-order valence-electron chi connectivity index (χ4n) is 2.68. The van der Waals surface area contributed by atoms with E-state index in [4.69, 9.17) is 5.11 Å². The Hall–Kier alpha value is -2.26. The predicted octanol–water partition coefficient (Wildman–Crippen LogP) is 2.32. The highest BCUT2D eigenvalue weighted by molar-refractivity contribution is 7.14. The molecule has 2 amide bonds. The molecule has 0 spiro atoms. The Balaban J connectivity index is 1.56. The van der Waals surface area contributed by atoms with Gasteiger partial charge in [0.25, 0.3) is 5.91 Å². The third-order valence-electron chi connectivity index (χ3n) is 3.97. The van der Waals surface area contributed by atoms with Crippen molar-refractivity contribution in [3.63, 3.8) is 0 Å². The summed E-state index contributed by atoms with van der Waals surface area (Å²) in [6.45, 7) is 0.828. The molecule has 25 heavy (non-hydrogen) atoms. The highest BCUT2D eigenvalue weighted by Crippen LogP contribution is 2.21. The third kappa shape index (κ3) is 4.43. The molecule has 1 aliphatic rings. The van der Waals surface area contributed by atoms with E-state index in [-0.39, 0.29) is 24.8 Å². The van der Waals surface area contributed by atoms with Crippen LogP contribution in [-0.4, -0.2) is 45.9 Å². The van der Waals surface area contributed by atoms with Gasteiger partial charge in [0.05, 0.1) is 22.9 Å². The molecule has 2 aromatic rings. The molecule has 7 nitrogen and oxygen atoms in total. The lowest BCUT2D eigenvalue weighted by Crippen LogP contribution is -2.43. The number of piperidine rings is 1. The monoisotopic (exact) mass is 379 g/mol. The van der Waals surface area contributed by atoms with Crippen LogP contribution in [0.15, 0.2) is 22.9 Å². The maximum Gasteiger partial charge on any atom is 0.308 e. The van der Waals surface area contributed by atoms with Gasteiger partial charge in [0.1, 0.15) is 0 Å². The minimum absolute atomic E-state index is 0.109. The number of carboxylic acid groups (broad SMARTS) is 1. The molecule has 3 heterocycles. The summed E-state index contributed by atoms with van der Waals surface area (Å²) < 4.78 is 0. The summed E-state index contributed by atoms with van der Waals surface area (Å²) in [5.74, 6) is -1.70. The topological polar surface area (TPSA) is 99.6 Å². The Bertz CT molecular complexity index is 772. The first kappa shape index (κ1) is 17.6. The van der Waals surface area contributed by atoms with Gasteiger partial charge in [-0.2, -0.15) is 0 Å². The van der Waals surface area contributed by atoms with Gasteiger partial charge in [0.2, 0.25) is 5.91 Å². The van der Waals surface area contributed by atoms with Gasteiger partial charge < -0.3 is 10.0 Å². The summed E-state index contributed by atoms with van der Waals surface area (Å²) in [5, 5.41) is 15.8. The van der Waals surface area contributed by atoms with E-state index < -0.39 is 11.9 Å². The molecular weight excluding hydrogens is 362 g/mol. The number of carbonyl (C=O) groups is 3. The fourth-order valence-corrected chi connectivity index (χ4v) is 4.01. The molecule has 3 rings (SSSR count). The zero-order valence-electron chi connectivity index (χ0n) is 13.3. The van der Waals surface area contributed by atoms with E-state index in [0.29, 0.717) is 35.1 Å². The van der Waals surface area contributed by atoms with E-state index >= 15 is 0 Å². The van der Waals surface area contributed by atoms with Crippen molar-refractivity contribution in [2.75, 3.05) is 18.4 Å². The Morgan fingerprint density at radius 3 is 2.92 bits per heavy atom. The second-order valence-electron chi connectivity index (χ2n) is 5.77. The number of hydrogen-bond donors (Lipinski definition) is 2. The molecule has 1 atom stereocenters. The van der Waals surface area contributed by atoms with Crippen molar-refractivity contribution in [3.8, 4) is 0 Å². The van der Waals surface area contributed by atoms with Gasteiger partial charge in [-0.15, -0.1) is 22.7 Å². The number of nitrogens with one attached hydrogen (secondary N) is 1. The lowest BCUT2D eigenvalue weighted by molar-refractivity contribution is -0.145. The first-order chi connectivity index (χ1) is 12.0. The standard InChI is InChI=1S/C16H17N3O4S2/c20-13(19-5-1-3-10(8-19)15(22)23)7-11-9-25-16(17-11)18-14(21)12-4-2-6-24-12/h2,4,6,9-10H,1,3,5,7-8H2,(H,22,23)(H,17,18,21). The minimum atomic E-state index is -0.857. The van der Waals surface area contributed by atoms with Gasteiger partial charge >= 0.3 is 5.97 Å². The highest BCUT2D eigenvalue weighted by atomic mass is 32.1. The molecule has 0 aliphatic carbocycles. The Labute approximate surface area is 152 Å². The van der Waals surface area contributed by atoms with Gasteiger partial charge in [-0.05, 0) is 24.3 Å². The second kappa shape index (κ2) is 7.75. The van der Waals surface area contributed by atoms with Crippen LogP contribution < -0.4 is 5.32 Å².